The van der Waals surface area contributed by atoms with E-state index in [1.807, 2.05) is 0 Å². The van der Waals surface area contributed by atoms with Crippen LogP contribution in [0.5, 0.6) is 0 Å². The summed E-state index contributed by atoms with van der Waals surface area (Å²) >= 11 is 0. The number of amides is 1. The maximum atomic E-state index is 11.1. The van der Waals surface area contributed by atoms with Crippen LogP contribution in [0, 0.1) is 16.7 Å². The minimum Gasteiger partial charge on any atom is -0.353 e. The Morgan fingerprint density at radius 3 is 2.36 bits per heavy atom. The first-order valence-electron chi connectivity index (χ1n) is 5.65. The topological polar surface area (TPSA) is 29.1 Å². The van der Waals surface area contributed by atoms with Crippen molar-refractivity contribution in [1.82, 2.24) is 5.32 Å². The Hall–Kier alpha value is -0.530. The Morgan fingerprint density at radius 2 is 2.00 bits per heavy atom. The number of carbonyl (C=O) groups excluding carboxylic acids is 1. The molecule has 2 rings (SSSR count). The van der Waals surface area contributed by atoms with Crippen LogP contribution >= 0.6 is 0 Å². The minimum atomic E-state index is 0.125. The molecule has 2 saturated carbocycles. The minimum absolute atomic E-state index is 0.125. The number of hydrogen-bond donors (Lipinski definition) is 1. The summed E-state index contributed by atoms with van der Waals surface area (Å²) in [5.74, 6) is 0.934. The summed E-state index contributed by atoms with van der Waals surface area (Å²) in [7, 11) is 0. The van der Waals surface area contributed by atoms with E-state index in [1.165, 1.54) is 19.3 Å². The zero-order chi connectivity index (χ0) is 10.6. The smallest absolute Gasteiger partial charge is 0.217 e. The van der Waals surface area contributed by atoms with Crippen LogP contribution in [0.3, 0.4) is 0 Å². The van der Waals surface area contributed by atoms with Crippen molar-refractivity contribution in [1.29, 1.82) is 0 Å². The van der Waals surface area contributed by atoms with Crippen LogP contribution in [0.15, 0.2) is 0 Å². The molecule has 2 aliphatic rings. The van der Waals surface area contributed by atoms with Gasteiger partial charge in [-0.2, -0.15) is 0 Å². The van der Waals surface area contributed by atoms with E-state index in [0.717, 1.165) is 5.92 Å². The second-order valence-electron chi connectivity index (χ2n) is 5.86. The third-order valence-electron chi connectivity index (χ3n) is 5.17. The predicted octanol–water partition coefficient (Wildman–Crippen LogP) is 2.34. The first-order valence-corrected chi connectivity index (χ1v) is 5.65. The largest absolute Gasteiger partial charge is 0.353 e. The van der Waals surface area contributed by atoms with Gasteiger partial charge in [-0.15, -0.1) is 0 Å². The molecule has 0 unspecified atom stereocenters. The van der Waals surface area contributed by atoms with Gasteiger partial charge in [-0.05, 0) is 36.0 Å². The van der Waals surface area contributed by atoms with Gasteiger partial charge in [0.2, 0.25) is 5.91 Å². The van der Waals surface area contributed by atoms with Gasteiger partial charge < -0.3 is 5.32 Å². The van der Waals surface area contributed by atoms with E-state index in [2.05, 4.69) is 26.1 Å². The molecule has 3 atom stereocenters. The first kappa shape index (κ1) is 10.0. The lowest BCUT2D eigenvalue weighted by Gasteiger charge is -2.39. The van der Waals surface area contributed by atoms with Gasteiger partial charge in [-0.3, -0.25) is 4.79 Å². The zero-order valence-electron chi connectivity index (χ0n) is 9.68. The Balaban J connectivity index is 2.23. The van der Waals surface area contributed by atoms with E-state index in [0.29, 0.717) is 16.9 Å². The fourth-order valence-corrected chi connectivity index (χ4v) is 3.67. The van der Waals surface area contributed by atoms with Crippen molar-refractivity contribution in [3.8, 4) is 0 Å². The zero-order valence-corrected chi connectivity index (χ0v) is 9.68. The number of carbonyl (C=O) groups is 1. The highest BCUT2D eigenvalue weighted by Crippen LogP contribution is 2.65. The van der Waals surface area contributed by atoms with Crippen LogP contribution in [0.4, 0.5) is 0 Å². The molecule has 2 nitrogen and oxygen atoms in total. The van der Waals surface area contributed by atoms with Crippen molar-refractivity contribution in [3.63, 3.8) is 0 Å². The number of nitrogens with one attached hydrogen (secondary N) is 1. The van der Waals surface area contributed by atoms with Crippen LogP contribution in [-0.2, 0) is 4.79 Å². The summed E-state index contributed by atoms with van der Waals surface area (Å²) in [5.41, 5.74) is 0.726. The van der Waals surface area contributed by atoms with Crippen molar-refractivity contribution in [2.75, 3.05) is 0 Å². The maximum Gasteiger partial charge on any atom is 0.217 e. The third-order valence-corrected chi connectivity index (χ3v) is 5.17. The number of hydrogen-bond acceptors (Lipinski definition) is 1. The average molecular weight is 195 g/mol. The number of fused-ring (bicyclic) bond motifs is 2. The highest BCUT2D eigenvalue weighted by molar-refractivity contribution is 5.73. The molecule has 14 heavy (non-hydrogen) atoms. The first-order chi connectivity index (χ1) is 6.38. The van der Waals surface area contributed by atoms with Crippen LogP contribution in [0.2, 0.25) is 0 Å². The molecular formula is C12H21NO. The molecule has 1 N–H and O–H groups in total. The summed E-state index contributed by atoms with van der Waals surface area (Å²) in [6.45, 7) is 8.71. The van der Waals surface area contributed by atoms with Crippen molar-refractivity contribution in [2.45, 2.75) is 53.0 Å². The SMILES string of the molecule is CC(=O)N[C@H]1C[C@H]2CC[C@@]1(C)C2(C)C. The summed E-state index contributed by atoms with van der Waals surface area (Å²) < 4.78 is 0. The monoisotopic (exact) mass is 195 g/mol. The molecule has 2 aliphatic carbocycles. The highest BCUT2D eigenvalue weighted by atomic mass is 16.1. The van der Waals surface area contributed by atoms with Crippen molar-refractivity contribution in [3.05, 3.63) is 0 Å². The summed E-state index contributed by atoms with van der Waals surface area (Å²) in [4.78, 5) is 11.1. The molecule has 0 aliphatic heterocycles. The van der Waals surface area contributed by atoms with E-state index in [9.17, 15) is 4.79 Å². The molecule has 2 fully saturated rings. The second-order valence-corrected chi connectivity index (χ2v) is 5.86. The highest BCUT2D eigenvalue weighted by Gasteiger charge is 2.61. The van der Waals surface area contributed by atoms with Gasteiger partial charge in [0.05, 0.1) is 0 Å². The molecule has 0 saturated heterocycles. The molecule has 0 aromatic heterocycles. The van der Waals surface area contributed by atoms with Gasteiger partial charge in [0.15, 0.2) is 0 Å². The average Bonchev–Trinajstić information content (AvgIpc) is 2.35. The van der Waals surface area contributed by atoms with Crippen molar-refractivity contribution >= 4 is 5.91 Å². The Labute approximate surface area is 86.5 Å². The van der Waals surface area contributed by atoms with Crippen LogP contribution in [-0.4, -0.2) is 11.9 Å². The fourth-order valence-electron chi connectivity index (χ4n) is 3.67. The van der Waals surface area contributed by atoms with Crippen LogP contribution < -0.4 is 5.32 Å². The Kier molecular flexibility index (Phi) is 1.96. The van der Waals surface area contributed by atoms with Gasteiger partial charge in [0.1, 0.15) is 0 Å². The maximum absolute atomic E-state index is 11.1. The fraction of sp³-hybridized carbons (Fsp3) is 0.917. The molecule has 2 bridgehead atoms. The van der Waals surface area contributed by atoms with Gasteiger partial charge >= 0.3 is 0 Å². The predicted molar refractivity (Wildman–Crippen MR) is 56.8 cm³/mol. The van der Waals surface area contributed by atoms with Crippen molar-refractivity contribution in [2.24, 2.45) is 16.7 Å². The van der Waals surface area contributed by atoms with Gasteiger partial charge in [-0.1, -0.05) is 20.8 Å². The molecular weight excluding hydrogens is 174 g/mol. The molecule has 0 radical (unpaired) electrons. The van der Waals surface area contributed by atoms with Gasteiger partial charge in [0, 0.05) is 13.0 Å². The van der Waals surface area contributed by atoms with E-state index in [1.54, 1.807) is 6.92 Å². The normalized spacial score (nSPS) is 44.0. The quantitative estimate of drug-likeness (QED) is 0.683. The lowest BCUT2D eigenvalue weighted by atomic mass is 9.69. The van der Waals surface area contributed by atoms with E-state index in [4.69, 9.17) is 0 Å². The van der Waals surface area contributed by atoms with E-state index < -0.39 is 0 Å². The number of rotatable bonds is 1. The molecule has 0 aromatic carbocycles. The summed E-state index contributed by atoms with van der Waals surface area (Å²) in [6, 6.07) is 0.411. The van der Waals surface area contributed by atoms with E-state index in [-0.39, 0.29) is 5.91 Å². The summed E-state index contributed by atoms with van der Waals surface area (Å²) in [6.07, 6.45) is 3.80. The van der Waals surface area contributed by atoms with Crippen molar-refractivity contribution < 1.29 is 4.79 Å². The van der Waals surface area contributed by atoms with Crippen LogP contribution in [0.1, 0.15) is 47.0 Å². The summed E-state index contributed by atoms with van der Waals surface area (Å²) in [5, 5.41) is 3.13. The third kappa shape index (κ3) is 1.06. The second kappa shape index (κ2) is 2.74. The van der Waals surface area contributed by atoms with Crippen LogP contribution in [0.25, 0.3) is 0 Å². The standard InChI is InChI=1S/C12H21NO/c1-8(14)13-10-7-9-5-6-12(10,4)11(9,2)3/h9-10H,5-7H2,1-4H3,(H,13,14)/t9-,10+,12-/m1/s1. The molecule has 0 spiro atoms. The lowest BCUT2D eigenvalue weighted by molar-refractivity contribution is -0.120. The molecule has 80 valence electrons. The van der Waals surface area contributed by atoms with Gasteiger partial charge in [-0.25, -0.2) is 0 Å². The molecule has 0 heterocycles. The molecule has 2 heteroatoms. The lowest BCUT2D eigenvalue weighted by Crippen LogP contribution is -2.46. The molecule has 1 amide bonds. The van der Waals surface area contributed by atoms with Gasteiger partial charge in [0.25, 0.3) is 0 Å². The Bertz CT molecular complexity index is 271. The molecule has 0 aromatic rings. The Morgan fingerprint density at radius 1 is 1.36 bits per heavy atom. The van der Waals surface area contributed by atoms with E-state index >= 15 is 0 Å².